The SMILES string of the molecule is CC[C@H](Oc1ccccc1F)C(=O)N[C@H]1CC(C)(C)Oc2ccc(C)cc21. The van der Waals surface area contributed by atoms with Gasteiger partial charge in [-0.25, -0.2) is 4.39 Å². The summed E-state index contributed by atoms with van der Waals surface area (Å²) >= 11 is 0. The van der Waals surface area contributed by atoms with Gasteiger partial charge in [-0.05, 0) is 45.4 Å². The van der Waals surface area contributed by atoms with E-state index in [1.807, 2.05) is 45.9 Å². The average Bonchev–Trinajstić information content (AvgIpc) is 2.61. The van der Waals surface area contributed by atoms with E-state index >= 15 is 0 Å². The van der Waals surface area contributed by atoms with Gasteiger partial charge < -0.3 is 14.8 Å². The summed E-state index contributed by atoms with van der Waals surface area (Å²) in [5, 5.41) is 3.08. The number of nitrogens with one attached hydrogen (secondary N) is 1. The monoisotopic (exact) mass is 371 g/mol. The zero-order valence-corrected chi connectivity index (χ0v) is 16.2. The van der Waals surface area contributed by atoms with Gasteiger partial charge in [0, 0.05) is 12.0 Å². The highest BCUT2D eigenvalue weighted by Crippen LogP contribution is 2.40. The van der Waals surface area contributed by atoms with Crippen molar-refractivity contribution in [2.75, 3.05) is 0 Å². The maximum atomic E-state index is 13.9. The number of para-hydroxylation sites is 1. The first-order chi connectivity index (χ1) is 12.8. The molecule has 2 atom stereocenters. The Bertz CT molecular complexity index is 834. The van der Waals surface area contributed by atoms with Crippen molar-refractivity contribution in [3.63, 3.8) is 0 Å². The molecule has 0 spiro atoms. The third-order valence-corrected chi connectivity index (χ3v) is 4.71. The maximum absolute atomic E-state index is 13.9. The lowest BCUT2D eigenvalue weighted by molar-refractivity contribution is -0.129. The van der Waals surface area contributed by atoms with Crippen LogP contribution in [-0.4, -0.2) is 17.6 Å². The highest BCUT2D eigenvalue weighted by Gasteiger charge is 2.35. The van der Waals surface area contributed by atoms with Gasteiger partial charge in [-0.3, -0.25) is 4.79 Å². The lowest BCUT2D eigenvalue weighted by Crippen LogP contribution is -2.45. The van der Waals surface area contributed by atoms with Crippen LogP contribution in [0.3, 0.4) is 0 Å². The van der Waals surface area contributed by atoms with Crippen molar-refractivity contribution < 1.29 is 18.7 Å². The lowest BCUT2D eigenvalue weighted by atomic mass is 9.88. The maximum Gasteiger partial charge on any atom is 0.261 e. The molecule has 0 saturated carbocycles. The van der Waals surface area contributed by atoms with Crippen molar-refractivity contribution in [1.82, 2.24) is 5.32 Å². The molecule has 1 N–H and O–H groups in total. The Morgan fingerprint density at radius 3 is 2.78 bits per heavy atom. The molecule has 0 radical (unpaired) electrons. The van der Waals surface area contributed by atoms with E-state index in [1.54, 1.807) is 12.1 Å². The number of hydrogen-bond donors (Lipinski definition) is 1. The van der Waals surface area contributed by atoms with Gasteiger partial charge in [0.2, 0.25) is 0 Å². The van der Waals surface area contributed by atoms with Crippen molar-refractivity contribution in [3.05, 3.63) is 59.4 Å². The van der Waals surface area contributed by atoms with E-state index in [-0.39, 0.29) is 17.7 Å². The molecule has 1 aliphatic rings. The molecule has 0 aliphatic carbocycles. The minimum absolute atomic E-state index is 0.0862. The molecule has 4 nitrogen and oxygen atoms in total. The van der Waals surface area contributed by atoms with E-state index in [1.165, 1.54) is 12.1 Å². The van der Waals surface area contributed by atoms with Gasteiger partial charge in [-0.1, -0.05) is 36.8 Å². The Labute approximate surface area is 159 Å². The second kappa shape index (κ2) is 7.59. The smallest absolute Gasteiger partial charge is 0.261 e. The van der Waals surface area contributed by atoms with Gasteiger partial charge in [-0.15, -0.1) is 0 Å². The second-order valence-corrected chi connectivity index (χ2v) is 7.61. The summed E-state index contributed by atoms with van der Waals surface area (Å²) in [5.74, 6) is 0.140. The molecule has 1 heterocycles. The van der Waals surface area contributed by atoms with E-state index in [4.69, 9.17) is 9.47 Å². The third kappa shape index (κ3) is 4.41. The summed E-state index contributed by atoms with van der Waals surface area (Å²) in [6, 6.07) is 11.9. The van der Waals surface area contributed by atoms with Gasteiger partial charge in [0.05, 0.1) is 6.04 Å². The number of aryl methyl sites for hydroxylation is 1. The molecule has 0 saturated heterocycles. The number of rotatable bonds is 5. The number of benzene rings is 2. The van der Waals surface area contributed by atoms with E-state index in [2.05, 4.69) is 5.32 Å². The molecule has 1 aliphatic heterocycles. The van der Waals surface area contributed by atoms with Crippen LogP contribution in [0.25, 0.3) is 0 Å². The normalized spacial score (nSPS) is 18.8. The Kier molecular flexibility index (Phi) is 5.40. The van der Waals surface area contributed by atoms with Crippen molar-refractivity contribution in [3.8, 4) is 11.5 Å². The number of carbonyl (C=O) groups is 1. The lowest BCUT2D eigenvalue weighted by Gasteiger charge is -2.38. The summed E-state index contributed by atoms with van der Waals surface area (Å²) < 4.78 is 25.6. The van der Waals surface area contributed by atoms with Gasteiger partial charge in [0.1, 0.15) is 11.4 Å². The third-order valence-electron chi connectivity index (χ3n) is 4.71. The van der Waals surface area contributed by atoms with Crippen LogP contribution in [0.2, 0.25) is 0 Å². The molecule has 1 amide bonds. The Morgan fingerprint density at radius 2 is 2.07 bits per heavy atom. The van der Waals surface area contributed by atoms with E-state index < -0.39 is 17.5 Å². The van der Waals surface area contributed by atoms with E-state index in [0.29, 0.717) is 12.8 Å². The van der Waals surface area contributed by atoms with Crippen molar-refractivity contribution >= 4 is 5.91 Å². The molecule has 5 heteroatoms. The fourth-order valence-corrected chi connectivity index (χ4v) is 3.38. The Hall–Kier alpha value is -2.56. The van der Waals surface area contributed by atoms with Gasteiger partial charge >= 0.3 is 0 Å². The molecule has 2 aromatic rings. The van der Waals surface area contributed by atoms with Crippen LogP contribution in [0, 0.1) is 12.7 Å². The fourth-order valence-electron chi connectivity index (χ4n) is 3.38. The zero-order chi connectivity index (χ0) is 19.6. The molecule has 0 aromatic heterocycles. The number of carbonyl (C=O) groups excluding carboxylic acids is 1. The number of ether oxygens (including phenoxy) is 2. The van der Waals surface area contributed by atoms with Crippen molar-refractivity contribution in [2.24, 2.45) is 0 Å². The summed E-state index contributed by atoms with van der Waals surface area (Å²) in [6.07, 6.45) is 0.319. The minimum atomic E-state index is -0.763. The molecular weight excluding hydrogens is 345 g/mol. The molecule has 0 fully saturated rings. The molecule has 0 unspecified atom stereocenters. The molecule has 144 valence electrons. The Balaban J connectivity index is 1.80. The second-order valence-electron chi connectivity index (χ2n) is 7.61. The number of halogens is 1. The molecule has 27 heavy (non-hydrogen) atoms. The average molecular weight is 371 g/mol. The summed E-state index contributed by atoms with van der Waals surface area (Å²) in [6.45, 7) is 7.86. The molecule has 2 aromatic carbocycles. The first kappa shape index (κ1) is 19.2. The fraction of sp³-hybridized carbons (Fsp3) is 0.409. The minimum Gasteiger partial charge on any atom is -0.487 e. The summed E-state index contributed by atoms with van der Waals surface area (Å²) in [5.41, 5.74) is 1.67. The van der Waals surface area contributed by atoms with Crippen LogP contribution in [0.4, 0.5) is 4.39 Å². The van der Waals surface area contributed by atoms with Gasteiger partial charge in [-0.2, -0.15) is 0 Å². The van der Waals surface area contributed by atoms with E-state index in [9.17, 15) is 9.18 Å². The first-order valence-electron chi connectivity index (χ1n) is 9.30. The van der Waals surface area contributed by atoms with Crippen molar-refractivity contribution in [2.45, 2.75) is 58.3 Å². The number of fused-ring (bicyclic) bond motifs is 1. The van der Waals surface area contributed by atoms with E-state index in [0.717, 1.165) is 16.9 Å². The first-order valence-corrected chi connectivity index (χ1v) is 9.30. The quantitative estimate of drug-likeness (QED) is 0.828. The van der Waals surface area contributed by atoms with Crippen LogP contribution in [0.15, 0.2) is 42.5 Å². The Morgan fingerprint density at radius 1 is 1.33 bits per heavy atom. The van der Waals surface area contributed by atoms with Crippen LogP contribution < -0.4 is 14.8 Å². The molecule has 3 rings (SSSR count). The predicted molar refractivity (Wildman–Crippen MR) is 102 cm³/mol. The van der Waals surface area contributed by atoms with Gasteiger partial charge in [0.15, 0.2) is 17.7 Å². The summed E-state index contributed by atoms with van der Waals surface area (Å²) in [4.78, 5) is 12.9. The van der Waals surface area contributed by atoms with Gasteiger partial charge in [0.25, 0.3) is 5.91 Å². The highest BCUT2D eigenvalue weighted by atomic mass is 19.1. The van der Waals surface area contributed by atoms with Crippen LogP contribution in [0.5, 0.6) is 11.5 Å². The largest absolute Gasteiger partial charge is 0.487 e. The highest BCUT2D eigenvalue weighted by molar-refractivity contribution is 5.81. The number of amides is 1. The van der Waals surface area contributed by atoms with Crippen LogP contribution in [-0.2, 0) is 4.79 Å². The summed E-state index contributed by atoms with van der Waals surface area (Å²) in [7, 11) is 0. The van der Waals surface area contributed by atoms with Crippen LogP contribution >= 0.6 is 0 Å². The predicted octanol–water partition coefficient (Wildman–Crippen LogP) is 4.71. The zero-order valence-electron chi connectivity index (χ0n) is 16.2. The van der Waals surface area contributed by atoms with Crippen LogP contribution in [0.1, 0.15) is 50.8 Å². The topological polar surface area (TPSA) is 47.6 Å². The standard InChI is InChI=1S/C22H26FNO3/c1-5-18(26-20-9-7-6-8-16(20)23)21(25)24-17-13-22(3,4)27-19-11-10-14(2)12-15(17)19/h6-12,17-18H,5,13H2,1-4H3,(H,24,25)/t17-,18-/m0/s1. The molecule has 0 bridgehead atoms. The number of hydrogen-bond acceptors (Lipinski definition) is 3. The van der Waals surface area contributed by atoms with Crippen molar-refractivity contribution in [1.29, 1.82) is 0 Å². The molecular formula is C22H26FNO3.